The van der Waals surface area contributed by atoms with Gasteiger partial charge in [0, 0.05) is 5.71 Å². The van der Waals surface area contributed by atoms with Crippen molar-refractivity contribution in [2.45, 2.75) is 13.3 Å². The van der Waals surface area contributed by atoms with Gasteiger partial charge < -0.3 is 0 Å². The number of rotatable bonds is 3. The first-order valence-corrected chi connectivity index (χ1v) is 6.54. The molecule has 0 aliphatic rings. The third-order valence-corrected chi connectivity index (χ3v) is 3.35. The first-order valence-electron chi connectivity index (χ1n) is 5.78. The molecule has 0 saturated carbocycles. The molecule has 92 valence electrons. The van der Waals surface area contributed by atoms with Crippen LogP contribution in [0.15, 0.2) is 53.5 Å². The highest BCUT2D eigenvalue weighted by atomic mass is 35.5. The van der Waals surface area contributed by atoms with E-state index in [0.717, 1.165) is 23.4 Å². The fourth-order valence-electron chi connectivity index (χ4n) is 1.68. The van der Waals surface area contributed by atoms with Gasteiger partial charge >= 0.3 is 0 Å². The fourth-order valence-corrected chi connectivity index (χ4v) is 1.98. The standard InChI is InChI=1S/C15H13Cl2N/c1-2-15(18-12-6-4-3-5-7-12)11-8-9-13(16)14(17)10-11/h3-10H,2H2,1H3. The Morgan fingerprint density at radius 1 is 1.00 bits per heavy atom. The minimum absolute atomic E-state index is 0.559. The molecule has 3 heteroatoms. The Bertz CT molecular complexity index is 562. The zero-order valence-electron chi connectivity index (χ0n) is 10.0. The van der Waals surface area contributed by atoms with Gasteiger partial charge in [0.05, 0.1) is 15.7 Å². The summed E-state index contributed by atoms with van der Waals surface area (Å²) in [5, 5.41) is 1.12. The van der Waals surface area contributed by atoms with Crippen molar-refractivity contribution in [3.8, 4) is 0 Å². The molecule has 18 heavy (non-hydrogen) atoms. The number of nitrogens with zero attached hydrogens (tertiary/aromatic N) is 1. The molecule has 0 unspecified atom stereocenters. The molecule has 2 aromatic rings. The summed E-state index contributed by atoms with van der Waals surface area (Å²) in [6, 6.07) is 15.5. The van der Waals surface area contributed by atoms with Gasteiger partial charge in [-0.15, -0.1) is 0 Å². The number of para-hydroxylation sites is 1. The van der Waals surface area contributed by atoms with Crippen LogP contribution in [0.1, 0.15) is 18.9 Å². The smallest absolute Gasteiger partial charge is 0.0633 e. The Morgan fingerprint density at radius 3 is 2.33 bits per heavy atom. The van der Waals surface area contributed by atoms with E-state index >= 15 is 0 Å². The van der Waals surface area contributed by atoms with E-state index in [4.69, 9.17) is 23.2 Å². The van der Waals surface area contributed by atoms with Gasteiger partial charge in [-0.05, 0) is 36.2 Å². The number of halogens is 2. The van der Waals surface area contributed by atoms with Gasteiger partial charge in [-0.3, -0.25) is 4.99 Å². The summed E-state index contributed by atoms with van der Waals surface area (Å²) >= 11 is 11.9. The van der Waals surface area contributed by atoms with Gasteiger partial charge in [0.2, 0.25) is 0 Å². The summed E-state index contributed by atoms with van der Waals surface area (Å²) in [7, 11) is 0. The van der Waals surface area contributed by atoms with Crippen LogP contribution >= 0.6 is 23.2 Å². The number of hydrogen-bond acceptors (Lipinski definition) is 1. The fraction of sp³-hybridized carbons (Fsp3) is 0.133. The summed E-state index contributed by atoms with van der Waals surface area (Å²) in [6.07, 6.45) is 0.840. The minimum Gasteiger partial charge on any atom is -0.253 e. The van der Waals surface area contributed by atoms with E-state index in [1.807, 2.05) is 42.5 Å². The molecule has 2 aromatic carbocycles. The molecule has 0 aliphatic heterocycles. The van der Waals surface area contributed by atoms with Crippen molar-refractivity contribution in [1.82, 2.24) is 0 Å². The van der Waals surface area contributed by atoms with Gasteiger partial charge in [0.25, 0.3) is 0 Å². The molecule has 0 heterocycles. The molecular formula is C15H13Cl2N. The highest BCUT2D eigenvalue weighted by Crippen LogP contribution is 2.24. The topological polar surface area (TPSA) is 12.4 Å². The van der Waals surface area contributed by atoms with Crippen LogP contribution in [-0.2, 0) is 0 Å². The average molecular weight is 278 g/mol. The number of aliphatic imine (C=N–C) groups is 1. The van der Waals surface area contributed by atoms with E-state index in [0.29, 0.717) is 10.0 Å². The molecule has 1 nitrogen and oxygen atoms in total. The number of hydrogen-bond donors (Lipinski definition) is 0. The van der Waals surface area contributed by atoms with Crippen LogP contribution in [0.25, 0.3) is 0 Å². The van der Waals surface area contributed by atoms with Gasteiger partial charge in [0.1, 0.15) is 0 Å². The molecule has 0 fully saturated rings. The van der Waals surface area contributed by atoms with Gasteiger partial charge in [0.15, 0.2) is 0 Å². The second-order valence-corrected chi connectivity index (χ2v) is 4.69. The monoisotopic (exact) mass is 277 g/mol. The summed E-state index contributed by atoms with van der Waals surface area (Å²) < 4.78 is 0. The van der Waals surface area contributed by atoms with Crippen LogP contribution in [0.4, 0.5) is 5.69 Å². The van der Waals surface area contributed by atoms with Crippen LogP contribution in [0.2, 0.25) is 10.0 Å². The van der Waals surface area contributed by atoms with Crippen LogP contribution in [0, 0.1) is 0 Å². The molecule has 0 radical (unpaired) electrons. The Kier molecular flexibility index (Phi) is 4.40. The lowest BCUT2D eigenvalue weighted by Gasteiger charge is -2.06. The predicted octanol–water partition coefficient (Wildman–Crippen LogP) is 5.52. The maximum absolute atomic E-state index is 6.03. The second kappa shape index (κ2) is 6.03. The summed E-state index contributed by atoms with van der Waals surface area (Å²) in [5.74, 6) is 0. The Morgan fingerprint density at radius 2 is 1.72 bits per heavy atom. The highest BCUT2D eigenvalue weighted by Gasteiger charge is 2.05. The lowest BCUT2D eigenvalue weighted by atomic mass is 10.1. The zero-order valence-corrected chi connectivity index (χ0v) is 11.5. The Balaban J connectivity index is 2.39. The molecule has 0 bridgehead atoms. The van der Waals surface area contributed by atoms with E-state index in [-0.39, 0.29) is 0 Å². The third kappa shape index (κ3) is 3.12. The molecule has 2 rings (SSSR count). The van der Waals surface area contributed by atoms with E-state index in [9.17, 15) is 0 Å². The molecule has 0 N–H and O–H groups in total. The molecule has 0 atom stereocenters. The zero-order chi connectivity index (χ0) is 13.0. The van der Waals surface area contributed by atoms with Crippen molar-refractivity contribution >= 4 is 34.6 Å². The van der Waals surface area contributed by atoms with E-state index in [1.165, 1.54) is 0 Å². The molecule has 0 saturated heterocycles. The SMILES string of the molecule is CCC(=Nc1ccccc1)c1ccc(Cl)c(Cl)c1. The van der Waals surface area contributed by atoms with Crippen LogP contribution in [-0.4, -0.2) is 5.71 Å². The highest BCUT2D eigenvalue weighted by molar-refractivity contribution is 6.42. The Labute approximate surface area is 117 Å². The van der Waals surface area contributed by atoms with Crippen molar-refractivity contribution in [2.24, 2.45) is 4.99 Å². The second-order valence-electron chi connectivity index (χ2n) is 3.88. The Hall–Kier alpha value is -1.31. The molecule has 0 aliphatic carbocycles. The van der Waals surface area contributed by atoms with E-state index in [1.54, 1.807) is 6.07 Å². The minimum atomic E-state index is 0.559. The third-order valence-electron chi connectivity index (χ3n) is 2.61. The largest absolute Gasteiger partial charge is 0.253 e. The van der Waals surface area contributed by atoms with Crippen LogP contribution in [0.3, 0.4) is 0 Å². The average Bonchev–Trinajstić information content (AvgIpc) is 2.40. The molecular weight excluding hydrogens is 265 g/mol. The van der Waals surface area contributed by atoms with Crippen LogP contribution < -0.4 is 0 Å². The maximum atomic E-state index is 6.03. The molecule has 0 amide bonds. The van der Waals surface area contributed by atoms with Gasteiger partial charge in [-0.2, -0.15) is 0 Å². The van der Waals surface area contributed by atoms with Crippen molar-refractivity contribution in [3.63, 3.8) is 0 Å². The molecule has 0 spiro atoms. The van der Waals surface area contributed by atoms with Gasteiger partial charge in [-0.25, -0.2) is 0 Å². The first-order chi connectivity index (χ1) is 8.70. The van der Waals surface area contributed by atoms with E-state index in [2.05, 4.69) is 11.9 Å². The molecule has 0 aromatic heterocycles. The van der Waals surface area contributed by atoms with Crippen molar-refractivity contribution in [1.29, 1.82) is 0 Å². The summed E-state index contributed by atoms with van der Waals surface area (Å²) in [4.78, 5) is 4.63. The van der Waals surface area contributed by atoms with Crippen molar-refractivity contribution < 1.29 is 0 Å². The lowest BCUT2D eigenvalue weighted by molar-refractivity contribution is 1.26. The maximum Gasteiger partial charge on any atom is 0.0633 e. The predicted molar refractivity (Wildman–Crippen MR) is 79.4 cm³/mol. The van der Waals surface area contributed by atoms with Crippen molar-refractivity contribution in [3.05, 3.63) is 64.1 Å². The normalized spacial score (nSPS) is 11.6. The van der Waals surface area contributed by atoms with Crippen LogP contribution in [0.5, 0.6) is 0 Å². The van der Waals surface area contributed by atoms with Gasteiger partial charge in [-0.1, -0.05) is 54.4 Å². The number of benzene rings is 2. The summed E-state index contributed by atoms with van der Waals surface area (Å²) in [6.45, 7) is 2.07. The van der Waals surface area contributed by atoms with E-state index < -0.39 is 0 Å². The lowest BCUT2D eigenvalue weighted by Crippen LogP contribution is -1.98. The van der Waals surface area contributed by atoms with Crippen molar-refractivity contribution in [2.75, 3.05) is 0 Å². The summed E-state index contributed by atoms with van der Waals surface area (Å²) in [5.41, 5.74) is 2.95. The first kappa shape index (κ1) is 13.1. The quantitative estimate of drug-likeness (QED) is 0.655.